The molecule has 0 heterocycles. The molecule has 1 rings (SSSR count). The third-order valence-corrected chi connectivity index (χ3v) is 11.6. The quantitative estimate of drug-likeness (QED) is 0.00979. The fourth-order valence-electron chi connectivity index (χ4n) is 6.34. The van der Waals surface area contributed by atoms with Crippen LogP contribution in [0.1, 0.15) is 136 Å². The van der Waals surface area contributed by atoms with Crippen LogP contribution in [0.15, 0.2) is 85.1 Å². The first kappa shape index (κ1) is 61.2. The Morgan fingerprint density at radius 3 is 1.64 bits per heavy atom. The van der Waals surface area contributed by atoms with Gasteiger partial charge in [-0.3, -0.25) is 23.2 Å². The number of aliphatic hydroxyl groups is 5. The van der Waals surface area contributed by atoms with Gasteiger partial charge in [-0.1, -0.05) is 131 Å². The van der Waals surface area contributed by atoms with Crippen LogP contribution in [0, 0.1) is 0 Å². The lowest BCUT2D eigenvalue weighted by Gasteiger charge is -2.43. The van der Waals surface area contributed by atoms with Crippen LogP contribution in [-0.2, 0) is 41.8 Å². The Kier molecular flexibility index (Phi) is 34.4. The Bertz CT molecular complexity index is 1620. The van der Waals surface area contributed by atoms with Gasteiger partial charge in [0.05, 0.1) is 12.7 Å². The van der Waals surface area contributed by atoms with Crippen molar-refractivity contribution in [1.82, 2.24) is 0 Å². The molecule has 0 amide bonds. The number of ether oxygens (including phenoxy) is 2. The topological polar surface area (TPSA) is 276 Å². The van der Waals surface area contributed by atoms with Crippen molar-refractivity contribution in [2.24, 2.45) is 0 Å². The number of unbranched alkanes of at least 4 members (excludes halogenated alkanes) is 9. The second-order valence-electron chi connectivity index (χ2n) is 15.9. The van der Waals surface area contributed by atoms with Gasteiger partial charge in [-0.2, -0.15) is 0 Å². The van der Waals surface area contributed by atoms with Crippen molar-refractivity contribution in [3.05, 3.63) is 85.1 Å². The largest absolute Gasteiger partial charge is 0.472 e. The van der Waals surface area contributed by atoms with Gasteiger partial charge in [0.2, 0.25) is 0 Å². The highest BCUT2D eigenvalue weighted by molar-refractivity contribution is 7.47. The number of allylic oxidation sites excluding steroid dienone is 13. The smallest absolute Gasteiger partial charge is 0.462 e. The van der Waals surface area contributed by atoms with Gasteiger partial charge in [-0.05, 0) is 77.0 Å². The molecule has 1 fully saturated rings. The van der Waals surface area contributed by atoms with Crippen LogP contribution in [-0.4, -0.2) is 114 Å². The molecule has 0 spiro atoms. The van der Waals surface area contributed by atoms with E-state index in [0.717, 1.165) is 57.8 Å². The summed E-state index contributed by atoms with van der Waals surface area (Å²) in [6, 6.07) is 0. The molecular weight excluding hydrogens is 898 g/mol. The number of carbonyl (C=O) groups is 2. The summed E-state index contributed by atoms with van der Waals surface area (Å²) >= 11 is 0. The van der Waals surface area contributed by atoms with E-state index >= 15 is 0 Å². The molecule has 0 radical (unpaired) electrons. The average Bonchev–Trinajstić information content (AvgIpc) is 3.27. The van der Waals surface area contributed by atoms with Crippen molar-refractivity contribution >= 4 is 27.6 Å². The van der Waals surface area contributed by atoms with Gasteiger partial charge in [-0.25, -0.2) is 9.13 Å². The number of hydrogen-bond acceptors (Lipinski definition) is 14. The zero-order valence-electron chi connectivity index (χ0n) is 38.7. The highest BCUT2D eigenvalue weighted by Gasteiger charge is 2.54. The Balaban J connectivity index is 2.67. The molecule has 17 nitrogen and oxygen atoms in total. The molecule has 378 valence electrons. The summed E-state index contributed by atoms with van der Waals surface area (Å²) < 4.78 is 49.2. The number of carbonyl (C=O) groups excluding carboxylic acids is 2. The maximum absolute atomic E-state index is 13.0. The van der Waals surface area contributed by atoms with E-state index in [-0.39, 0.29) is 12.8 Å². The number of phosphoric ester groups is 2. The van der Waals surface area contributed by atoms with Crippen LogP contribution in [0.5, 0.6) is 0 Å². The van der Waals surface area contributed by atoms with Crippen LogP contribution in [0.3, 0.4) is 0 Å². The van der Waals surface area contributed by atoms with Crippen LogP contribution >= 0.6 is 15.6 Å². The monoisotopic (exact) mass is 976 g/mol. The molecule has 0 aromatic heterocycles. The molecule has 1 aliphatic rings. The molecule has 19 heteroatoms. The van der Waals surface area contributed by atoms with Crippen molar-refractivity contribution in [1.29, 1.82) is 0 Å². The number of phosphoric acid groups is 2. The Morgan fingerprint density at radius 1 is 0.561 bits per heavy atom. The van der Waals surface area contributed by atoms with E-state index in [1.54, 1.807) is 6.08 Å². The summed E-state index contributed by atoms with van der Waals surface area (Å²) in [5.41, 5.74) is 0. The third kappa shape index (κ3) is 31.2. The number of aliphatic hydroxyl groups excluding tert-OH is 5. The van der Waals surface area contributed by atoms with Gasteiger partial charge in [0.25, 0.3) is 0 Å². The van der Waals surface area contributed by atoms with E-state index in [9.17, 15) is 49.1 Å². The summed E-state index contributed by atoms with van der Waals surface area (Å²) in [5.74, 6) is -1.32. The molecule has 0 aromatic carbocycles. The Hall–Kier alpha value is -2.86. The molecule has 1 saturated carbocycles. The Labute approximate surface area is 391 Å². The fourth-order valence-corrected chi connectivity index (χ4v) is 7.87. The standard InChI is InChI=1S/C47H78O17P2/c1-3-5-6-7-8-9-10-11-12-16-19-22-25-28-31-34-40(49)60-36-39(37-61-66(58,59)64-47-44(53)42(51)43(52)46(45(47)54)63-65(55,56)57)62-41(50)35-32-29-26-23-20-17-14-13-15-18-21-24-27-30-33-38(48)4-2/h8-9,11-12,14-15,17-18,23-24,26-27,30,33,38-39,42-48,51-54H,3-7,10,13,16,19-22,25,28-29,31-32,34-37H2,1-2H3,(H,58,59)(H2,55,56,57)/b9-8-,12-11-,17-14-,18-15-,26-23-,27-24-,33-30+/t38-,39-,42?,43?,44?,45?,46-,47+/m1/s1. The van der Waals surface area contributed by atoms with Gasteiger partial charge in [0.15, 0.2) is 6.10 Å². The predicted octanol–water partition coefficient (Wildman–Crippen LogP) is 7.58. The average molecular weight is 977 g/mol. The van der Waals surface area contributed by atoms with E-state index < -0.39 is 89.6 Å². The molecule has 8 N–H and O–H groups in total. The molecular formula is C47H78O17P2. The number of hydrogen-bond donors (Lipinski definition) is 8. The van der Waals surface area contributed by atoms with Gasteiger partial charge in [0.1, 0.15) is 43.2 Å². The van der Waals surface area contributed by atoms with Crippen molar-refractivity contribution < 1.29 is 82.0 Å². The molecule has 0 aliphatic heterocycles. The Morgan fingerprint density at radius 2 is 1.06 bits per heavy atom. The van der Waals surface area contributed by atoms with Crippen molar-refractivity contribution in [3.8, 4) is 0 Å². The minimum atomic E-state index is -5.38. The second kappa shape index (κ2) is 37.1. The highest BCUT2D eigenvalue weighted by atomic mass is 31.2. The third-order valence-electron chi connectivity index (χ3n) is 10.1. The summed E-state index contributed by atoms with van der Waals surface area (Å²) in [4.78, 5) is 54.2. The maximum Gasteiger partial charge on any atom is 0.472 e. The van der Waals surface area contributed by atoms with E-state index in [4.69, 9.17) is 28.3 Å². The van der Waals surface area contributed by atoms with Crippen LogP contribution in [0.4, 0.5) is 0 Å². The molecule has 0 aromatic rings. The molecule has 66 heavy (non-hydrogen) atoms. The minimum Gasteiger partial charge on any atom is -0.462 e. The van der Waals surface area contributed by atoms with Crippen LogP contribution in [0.2, 0.25) is 0 Å². The van der Waals surface area contributed by atoms with Gasteiger partial charge in [-0.15, -0.1) is 0 Å². The first-order chi connectivity index (χ1) is 31.5. The first-order valence-corrected chi connectivity index (χ1v) is 26.3. The predicted molar refractivity (Wildman–Crippen MR) is 251 cm³/mol. The first-order valence-electron chi connectivity index (χ1n) is 23.2. The van der Waals surface area contributed by atoms with E-state index in [0.29, 0.717) is 32.1 Å². The summed E-state index contributed by atoms with van der Waals surface area (Å²) in [5, 5.41) is 50.7. The van der Waals surface area contributed by atoms with Crippen LogP contribution < -0.4 is 0 Å². The zero-order valence-corrected chi connectivity index (χ0v) is 40.5. The van der Waals surface area contributed by atoms with Crippen molar-refractivity contribution in [3.63, 3.8) is 0 Å². The molecule has 5 unspecified atom stereocenters. The molecule has 0 saturated heterocycles. The molecule has 0 bridgehead atoms. The number of esters is 2. The maximum atomic E-state index is 13.0. The lowest BCUT2D eigenvalue weighted by Crippen LogP contribution is -2.64. The number of rotatable bonds is 37. The van der Waals surface area contributed by atoms with Crippen molar-refractivity contribution in [2.75, 3.05) is 13.2 Å². The molecule has 9 atom stereocenters. The summed E-state index contributed by atoms with van der Waals surface area (Å²) in [6.45, 7) is 2.68. The fraction of sp³-hybridized carbons (Fsp3) is 0.660. The second-order valence-corrected chi connectivity index (χ2v) is 18.5. The highest BCUT2D eigenvalue weighted by Crippen LogP contribution is 2.49. The van der Waals surface area contributed by atoms with Gasteiger partial charge >= 0.3 is 27.6 Å². The minimum absolute atomic E-state index is 0.0558. The lowest BCUT2D eigenvalue weighted by atomic mass is 9.85. The van der Waals surface area contributed by atoms with E-state index in [2.05, 4.69) is 41.8 Å². The van der Waals surface area contributed by atoms with E-state index in [1.165, 1.54) is 19.3 Å². The normalized spacial score (nSPS) is 22.8. The zero-order chi connectivity index (χ0) is 49.1. The summed E-state index contributed by atoms with van der Waals surface area (Å²) in [7, 11) is -10.7. The summed E-state index contributed by atoms with van der Waals surface area (Å²) in [6.07, 6.45) is 27.8. The van der Waals surface area contributed by atoms with Gasteiger partial charge < -0.3 is 49.7 Å². The SMILES string of the molecule is CCCCC/C=C\C/C=C\CCCCCCCC(=O)OC[C@H](COP(=O)(O)O[C@H]1C(O)C(O)C(O)[C@@H](OP(=O)(O)O)C1O)OC(=O)CCC/C=C\C/C=C\C/C=C\C/C=C\C=C\[C@H](O)CC. The van der Waals surface area contributed by atoms with Crippen molar-refractivity contribution in [2.45, 2.75) is 185 Å². The molecule has 1 aliphatic carbocycles. The van der Waals surface area contributed by atoms with E-state index in [1.807, 2.05) is 55.5 Å². The van der Waals surface area contributed by atoms with Crippen LogP contribution in [0.25, 0.3) is 0 Å². The lowest BCUT2D eigenvalue weighted by molar-refractivity contribution is -0.216. The van der Waals surface area contributed by atoms with Gasteiger partial charge in [0, 0.05) is 12.8 Å².